The molecule has 0 spiro atoms. The number of rotatable bonds is 8. The van der Waals surface area contributed by atoms with Gasteiger partial charge in [0.25, 0.3) is 5.91 Å². The first-order chi connectivity index (χ1) is 16.5. The highest BCUT2D eigenvalue weighted by molar-refractivity contribution is 5.96. The summed E-state index contributed by atoms with van der Waals surface area (Å²) < 4.78 is 11.9. The van der Waals surface area contributed by atoms with Gasteiger partial charge in [-0.15, -0.1) is 0 Å². The van der Waals surface area contributed by atoms with Crippen molar-refractivity contribution in [3.63, 3.8) is 0 Å². The Kier molecular flexibility index (Phi) is 7.80. The molecule has 0 bridgehead atoms. The van der Waals surface area contributed by atoms with Crippen molar-refractivity contribution in [2.24, 2.45) is 29.4 Å². The summed E-state index contributed by atoms with van der Waals surface area (Å²) in [7, 11) is 0. The monoisotopic (exact) mass is 467 g/mol. The number of hydrogen-bond donors (Lipinski definition) is 1. The molecule has 1 amide bonds. The van der Waals surface area contributed by atoms with Crippen molar-refractivity contribution in [2.45, 2.75) is 70.6 Å². The molecule has 2 N–H and O–H groups in total. The van der Waals surface area contributed by atoms with Crippen LogP contribution in [0.25, 0.3) is 0 Å². The van der Waals surface area contributed by atoms with E-state index in [0.717, 1.165) is 63.3 Å². The van der Waals surface area contributed by atoms with Crippen LogP contribution < -0.4 is 15.2 Å². The predicted octanol–water partition coefficient (Wildman–Crippen LogP) is 4.52. The third-order valence-electron chi connectivity index (χ3n) is 7.59. The van der Waals surface area contributed by atoms with E-state index in [2.05, 4.69) is 0 Å². The van der Waals surface area contributed by atoms with Crippen molar-refractivity contribution in [3.8, 4) is 11.5 Å². The molecule has 0 radical (unpaired) electrons. The Morgan fingerprint density at radius 2 is 1.41 bits per heavy atom. The highest BCUT2D eigenvalue weighted by Gasteiger charge is 2.31. The fraction of sp³-hybridized carbons (Fsp3) is 0.556. The summed E-state index contributed by atoms with van der Waals surface area (Å²) in [6.07, 6.45) is 11.2. The van der Waals surface area contributed by atoms with Crippen molar-refractivity contribution >= 4 is 24.4 Å². The van der Waals surface area contributed by atoms with Gasteiger partial charge in [-0.05, 0) is 94.4 Å². The van der Waals surface area contributed by atoms with Crippen LogP contribution in [0.5, 0.6) is 11.5 Å². The minimum Gasteiger partial charge on any atom is -0.461 e. The second-order valence-corrected chi connectivity index (χ2v) is 9.86. The number of nitrogens with two attached hydrogens (primary N) is 1. The maximum absolute atomic E-state index is 12.6. The van der Waals surface area contributed by atoms with Gasteiger partial charge in [-0.2, -0.15) is 0 Å². The molecule has 1 aromatic rings. The Bertz CT molecular complexity index is 961. The predicted molar refractivity (Wildman–Crippen MR) is 125 cm³/mol. The van der Waals surface area contributed by atoms with E-state index in [1.165, 1.54) is 11.6 Å². The van der Waals surface area contributed by atoms with Crippen LogP contribution in [0.3, 0.4) is 0 Å². The highest BCUT2D eigenvalue weighted by atomic mass is 16.5. The molecule has 3 aliphatic carbocycles. The molecule has 0 aromatic heterocycles. The summed E-state index contributed by atoms with van der Waals surface area (Å²) in [6, 6.07) is 4.74. The number of ether oxygens (including phenoxy) is 2. The van der Waals surface area contributed by atoms with Gasteiger partial charge in [-0.3, -0.25) is 9.59 Å². The van der Waals surface area contributed by atoms with E-state index in [4.69, 9.17) is 15.2 Å². The molecular formula is C27H33NO6. The van der Waals surface area contributed by atoms with Crippen LogP contribution >= 0.6 is 0 Å². The summed E-state index contributed by atoms with van der Waals surface area (Å²) in [5.74, 6) is 0.655. The average Bonchev–Trinajstić information content (AvgIpc) is 2.83. The third kappa shape index (κ3) is 5.57. The SMILES string of the molecule is NC(=O)c1cc(OC(=O)C2CCC(C=O)CC2)ccc1OC(=C1CCC1)C1CCC(C=O)CC1. The van der Waals surface area contributed by atoms with E-state index in [1.807, 2.05) is 0 Å². The highest BCUT2D eigenvalue weighted by Crippen LogP contribution is 2.41. The van der Waals surface area contributed by atoms with Gasteiger partial charge >= 0.3 is 5.97 Å². The van der Waals surface area contributed by atoms with Crippen molar-refractivity contribution in [2.75, 3.05) is 0 Å². The number of aldehydes is 2. The Hall–Kier alpha value is -2.96. The molecule has 1 aromatic carbocycles. The topological polar surface area (TPSA) is 113 Å². The largest absolute Gasteiger partial charge is 0.461 e. The van der Waals surface area contributed by atoms with Crippen LogP contribution in [0.1, 0.15) is 81.0 Å². The molecule has 0 atom stereocenters. The Labute approximate surface area is 200 Å². The van der Waals surface area contributed by atoms with Crippen molar-refractivity contribution < 1.29 is 28.7 Å². The van der Waals surface area contributed by atoms with Gasteiger partial charge in [0.2, 0.25) is 0 Å². The van der Waals surface area contributed by atoms with Gasteiger partial charge in [-0.25, -0.2) is 0 Å². The lowest BCUT2D eigenvalue weighted by atomic mass is 9.78. The summed E-state index contributed by atoms with van der Waals surface area (Å²) in [6.45, 7) is 0. The van der Waals surface area contributed by atoms with Crippen LogP contribution in [0.2, 0.25) is 0 Å². The zero-order chi connectivity index (χ0) is 24.1. The zero-order valence-corrected chi connectivity index (χ0v) is 19.5. The number of primary amides is 1. The van der Waals surface area contributed by atoms with E-state index in [-0.39, 0.29) is 41.0 Å². The van der Waals surface area contributed by atoms with Crippen LogP contribution in [-0.2, 0) is 14.4 Å². The maximum Gasteiger partial charge on any atom is 0.314 e. The van der Waals surface area contributed by atoms with Gasteiger partial charge < -0.3 is 24.8 Å². The smallest absolute Gasteiger partial charge is 0.314 e. The van der Waals surface area contributed by atoms with E-state index in [1.54, 1.807) is 12.1 Å². The minimum absolute atomic E-state index is 0.0226. The molecule has 0 saturated heterocycles. The third-order valence-corrected chi connectivity index (χ3v) is 7.59. The fourth-order valence-corrected chi connectivity index (χ4v) is 5.22. The maximum atomic E-state index is 12.6. The number of benzene rings is 1. The number of carbonyl (C=O) groups excluding carboxylic acids is 4. The molecule has 182 valence electrons. The molecule has 7 nitrogen and oxygen atoms in total. The molecule has 0 aliphatic heterocycles. The molecule has 34 heavy (non-hydrogen) atoms. The lowest BCUT2D eigenvalue weighted by molar-refractivity contribution is -0.140. The standard InChI is InChI=1S/C27H33NO6/c28-26(31)23-14-22(33-27(32)21-10-6-18(16-30)7-11-21)12-13-24(23)34-25(19-2-1-3-19)20-8-4-17(15-29)5-9-20/h12-18,20-21H,1-11H2,(H2,28,31). The van der Waals surface area contributed by atoms with Gasteiger partial charge in [0.15, 0.2) is 0 Å². The van der Waals surface area contributed by atoms with Gasteiger partial charge in [-0.1, -0.05) is 0 Å². The Balaban J connectivity index is 1.48. The molecule has 3 aliphatic rings. The van der Waals surface area contributed by atoms with Crippen LogP contribution in [-0.4, -0.2) is 24.4 Å². The first-order valence-electron chi connectivity index (χ1n) is 12.4. The lowest BCUT2D eigenvalue weighted by Crippen LogP contribution is -2.26. The van der Waals surface area contributed by atoms with Crippen molar-refractivity contribution in [1.29, 1.82) is 0 Å². The summed E-state index contributed by atoms with van der Waals surface area (Å²) >= 11 is 0. The van der Waals surface area contributed by atoms with E-state index in [9.17, 15) is 19.2 Å². The molecule has 4 rings (SSSR count). The number of esters is 1. The quantitative estimate of drug-likeness (QED) is 0.260. The normalized spacial score (nSPS) is 26.6. The minimum atomic E-state index is -0.651. The number of hydrogen-bond acceptors (Lipinski definition) is 6. The van der Waals surface area contributed by atoms with Gasteiger partial charge in [0, 0.05) is 17.8 Å². The van der Waals surface area contributed by atoms with Crippen molar-refractivity contribution in [3.05, 3.63) is 35.1 Å². The van der Waals surface area contributed by atoms with Gasteiger partial charge in [0.05, 0.1) is 11.5 Å². The molecule has 3 saturated carbocycles. The van der Waals surface area contributed by atoms with Crippen LogP contribution in [0.15, 0.2) is 29.5 Å². The summed E-state index contributed by atoms with van der Waals surface area (Å²) in [5.41, 5.74) is 7.10. The van der Waals surface area contributed by atoms with Crippen LogP contribution in [0.4, 0.5) is 0 Å². The number of carbonyl (C=O) groups is 4. The molecule has 0 heterocycles. The summed E-state index contributed by atoms with van der Waals surface area (Å²) in [4.78, 5) is 46.9. The molecular weight excluding hydrogens is 434 g/mol. The second-order valence-electron chi connectivity index (χ2n) is 9.86. The molecule has 7 heteroatoms. The van der Waals surface area contributed by atoms with Crippen LogP contribution in [0, 0.1) is 23.7 Å². The Morgan fingerprint density at radius 1 is 0.824 bits per heavy atom. The zero-order valence-electron chi connectivity index (χ0n) is 19.5. The summed E-state index contributed by atoms with van der Waals surface area (Å²) in [5, 5.41) is 0. The Morgan fingerprint density at radius 3 is 1.91 bits per heavy atom. The fourth-order valence-electron chi connectivity index (χ4n) is 5.22. The first-order valence-corrected chi connectivity index (χ1v) is 12.4. The molecule has 3 fully saturated rings. The lowest BCUT2D eigenvalue weighted by Gasteiger charge is -2.32. The first kappa shape index (κ1) is 24.2. The van der Waals surface area contributed by atoms with E-state index in [0.29, 0.717) is 31.4 Å². The number of amides is 1. The van der Waals surface area contributed by atoms with E-state index >= 15 is 0 Å². The van der Waals surface area contributed by atoms with E-state index < -0.39 is 5.91 Å². The number of allylic oxidation sites excluding steroid dienone is 2. The van der Waals surface area contributed by atoms with Gasteiger partial charge in [0.1, 0.15) is 29.8 Å². The van der Waals surface area contributed by atoms with Crippen molar-refractivity contribution in [1.82, 2.24) is 0 Å². The second kappa shape index (κ2) is 11.0. The molecule has 0 unspecified atom stereocenters. The average molecular weight is 468 g/mol.